The number of benzene rings is 1. The van der Waals surface area contributed by atoms with Gasteiger partial charge >= 0.3 is 0 Å². The molecule has 0 amide bonds. The first-order valence-corrected chi connectivity index (χ1v) is 9.10. The highest BCUT2D eigenvalue weighted by Crippen LogP contribution is 2.26. The van der Waals surface area contributed by atoms with E-state index in [1.54, 1.807) is 6.07 Å². The van der Waals surface area contributed by atoms with E-state index in [4.69, 9.17) is 5.73 Å². The minimum absolute atomic E-state index is 0.287. The second-order valence-corrected chi connectivity index (χ2v) is 8.43. The number of rotatable bonds is 6. The van der Waals surface area contributed by atoms with Crippen molar-refractivity contribution in [3.63, 3.8) is 0 Å². The molecule has 1 aliphatic carbocycles. The fraction of sp³-hybridized carbons (Fsp3) is 0.625. The van der Waals surface area contributed by atoms with Gasteiger partial charge in [-0.3, -0.25) is 0 Å². The number of nitrogens with one attached hydrogen (secondary N) is 1. The summed E-state index contributed by atoms with van der Waals surface area (Å²) in [7, 11) is -3.53. The highest BCUT2D eigenvalue weighted by atomic mass is 32.2. The molecule has 3 N–H and O–H groups in total. The predicted octanol–water partition coefficient (Wildman–Crippen LogP) is 2.22. The predicted molar refractivity (Wildman–Crippen MR) is 85.7 cm³/mol. The average molecular weight is 310 g/mol. The van der Waals surface area contributed by atoms with E-state index in [1.807, 2.05) is 19.1 Å². The molecule has 118 valence electrons. The van der Waals surface area contributed by atoms with Crippen LogP contribution in [0.5, 0.6) is 0 Å². The Morgan fingerprint density at radius 3 is 2.57 bits per heavy atom. The summed E-state index contributed by atoms with van der Waals surface area (Å²) in [6.45, 7) is 6.29. The zero-order valence-electron chi connectivity index (χ0n) is 13.1. The maximum absolute atomic E-state index is 12.6. The van der Waals surface area contributed by atoms with Crippen molar-refractivity contribution in [1.82, 2.24) is 4.72 Å². The smallest absolute Gasteiger partial charge is 0.241 e. The Morgan fingerprint density at radius 1 is 1.29 bits per heavy atom. The Bertz CT molecular complexity index is 611. The van der Waals surface area contributed by atoms with Crippen LogP contribution in [0.4, 0.5) is 0 Å². The third-order valence-electron chi connectivity index (χ3n) is 4.07. The van der Waals surface area contributed by atoms with Crippen LogP contribution < -0.4 is 10.5 Å². The minimum atomic E-state index is -3.53. The van der Waals surface area contributed by atoms with E-state index >= 15 is 0 Å². The number of aryl methyl sites for hydroxylation is 2. The van der Waals surface area contributed by atoms with Crippen molar-refractivity contribution in [3.05, 3.63) is 29.3 Å². The summed E-state index contributed by atoms with van der Waals surface area (Å²) in [5.41, 5.74) is 7.64. The summed E-state index contributed by atoms with van der Waals surface area (Å²) >= 11 is 0. The van der Waals surface area contributed by atoms with Gasteiger partial charge in [-0.05, 0) is 61.8 Å². The molecule has 0 saturated carbocycles. The Kier molecular flexibility index (Phi) is 4.76. The molecule has 0 spiro atoms. The fourth-order valence-corrected chi connectivity index (χ4v) is 4.64. The summed E-state index contributed by atoms with van der Waals surface area (Å²) in [5.74, 6) is 0.376. The van der Waals surface area contributed by atoms with Gasteiger partial charge in [0.15, 0.2) is 0 Å². The molecule has 0 radical (unpaired) electrons. The van der Waals surface area contributed by atoms with Gasteiger partial charge in [-0.1, -0.05) is 19.9 Å². The van der Waals surface area contributed by atoms with Gasteiger partial charge in [0.25, 0.3) is 0 Å². The molecule has 5 heteroatoms. The maximum Gasteiger partial charge on any atom is 0.241 e. The Hall–Kier alpha value is -0.910. The van der Waals surface area contributed by atoms with Crippen LogP contribution in [0.15, 0.2) is 23.1 Å². The van der Waals surface area contributed by atoms with Gasteiger partial charge in [0.05, 0.1) is 4.90 Å². The zero-order valence-corrected chi connectivity index (χ0v) is 14.0. The Balaban J connectivity index is 2.25. The molecular formula is C16H26N2O2S. The Morgan fingerprint density at radius 2 is 1.95 bits per heavy atom. The van der Waals surface area contributed by atoms with Crippen molar-refractivity contribution in [1.29, 1.82) is 0 Å². The second kappa shape index (κ2) is 6.07. The highest BCUT2D eigenvalue weighted by Gasteiger charge is 2.30. The summed E-state index contributed by atoms with van der Waals surface area (Å²) in [6.07, 6.45) is 3.85. The molecule has 0 aromatic heterocycles. The van der Waals surface area contributed by atoms with Crippen LogP contribution in [0.2, 0.25) is 0 Å². The molecule has 0 heterocycles. The lowest BCUT2D eigenvalue weighted by Gasteiger charge is -2.30. The molecule has 1 aromatic carbocycles. The number of hydrogen-bond donors (Lipinski definition) is 2. The molecule has 0 saturated heterocycles. The summed E-state index contributed by atoms with van der Waals surface area (Å²) in [6, 6.07) is 5.47. The number of hydrogen-bond acceptors (Lipinski definition) is 3. The SMILES string of the molecule is CC(C)CC(C)(CN)NS(=O)(=O)c1ccc2c(c1)CCC2. The molecule has 0 aliphatic heterocycles. The molecule has 1 aliphatic rings. The van der Waals surface area contributed by atoms with Crippen molar-refractivity contribution < 1.29 is 8.42 Å². The average Bonchev–Trinajstić information content (AvgIpc) is 2.84. The Labute approximate surface area is 128 Å². The van der Waals surface area contributed by atoms with E-state index in [9.17, 15) is 8.42 Å². The van der Waals surface area contributed by atoms with Crippen molar-refractivity contribution in [2.24, 2.45) is 11.7 Å². The van der Waals surface area contributed by atoms with E-state index in [1.165, 1.54) is 5.56 Å². The van der Waals surface area contributed by atoms with Gasteiger partial charge in [-0.2, -0.15) is 0 Å². The third-order valence-corrected chi connectivity index (χ3v) is 5.71. The van der Waals surface area contributed by atoms with Crippen LogP contribution in [0.25, 0.3) is 0 Å². The molecule has 1 aromatic rings. The van der Waals surface area contributed by atoms with E-state index in [2.05, 4.69) is 18.6 Å². The molecule has 0 bridgehead atoms. The van der Waals surface area contributed by atoms with Crippen molar-refractivity contribution in [2.75, 3.05) is 6.54 Å². The van der Waals surface area contributed by atoms with Gasteiger partial charge in [0.1, 0.15) is 0 Å². The summed E-state index contributed by atoms with van der Waals surface area (Å²) < 4.78 is 28.0. The fourth-order valence-electron chi connectivity index (χ4n) is 3.17. The van der Waals surface area contributed by atoms with Crippen LogP contribution in [0.1, 0.15) is 44.7 Å². The highest BCUT2D eigenvalue weighted by molar-refractivity contribution is 7.89. The lowest BCUT2D eigenvalue weighted by Crippen LogP contribution is -2.51. The molecule has 4 nitrogen and oxygen atoms in total. The number of fused-ring (bicyclic) bond motifs is 1. The van der Waals surface area contributed by atoms with Crippen molar-refractivity contribution >= 4 is 10.0 Å². The first kappa shape index (κ1) is 16.5. The second-order valence-electron chi connectivity index (χ2n) is 6.75. The number of sulfonamides is 1. The van der Waals surface area contributed by atoms with Gasteiger partial charge in [-0.25, -0.2) is 13.1 Å². The van der Waals surface area contributed by atoms with Gasteiger partial charge < -0.3 is 5.73 Å². The first-order valence-electron chi connectivity index (χ1n) is 7.62. The molecule has 0 fully saturated rings. The van der Waals surface area contributed by atoms with E-state index < -0.39 is 15.6 Å². The summed E-state index contributed by atoms with van der Waals surface area (Å²) in [4.78, 5) is 0.353. The van der Waals surface area contributed by atoms with Crippen LogP contribution in [-0.2, 0) is 22.9 Å². The molecule has 1 unspecified atom stereocenters. The third kappa shape index (κ3) is 3.84. The normalized spacial score (nSPS) is 17.8. The van der Waals surface area contributed by atoms with Gasteiger partial charge in [0.2, 0.25) is 10.0 Å². The van der Waals surface area contributed by atoms with Crippen LogP contribution in [-0.4, -0.2) is 20.5 Å². The van der Waals surface area contributed by atoms with Crippen molar-refractivity contribution in [3.8, 4) is 0 Å². The van der Waals surface area contributed by atoms with Crippen LogP contribution >= 0.6 is 0 Å². The monoisotopic (exact) mass is 310 g/mol. The van der Waals surface area contributed by atoms with Crippen LogP contribution in [0.3, 0.4) is 0 Å². The van der Waals surface area contributed by atoms with Crippen molar-refractivity contribution in [2.45, 2.75) is 56.9 Å². The van der Waals surface area contributed by atoms with E-state index in [-0.39, 0.29) is 6.54 Å². The molecule has 21 heavy (non-hydrogen) atoms. The zero-order chi connectivity index (χ0) is 15.7. The van der Waals surface area contributed by atoms with E-state index in [0.717, 1.165) is 24.8 Å². The standard InChI is InChI=1S/C16H26N2O2S/c1-12(2)10-16(3,11-17)18-21(19,20)15-8-7-13-5-4-6-14(13)9-15/h7-9,12,18H,4-6,10-11,17H2,1-3H3. The number of nitrogens with two attached hydrogens (primary N) is 1. The van der Waals surface area contributed by atoms with Crippen LogP contribution in [0, 0.1) is 5.92 Å². The van der Waals surface area contributed by atoms with E-state index in [0.29, 0.717) is 17.2 Å². The minimum Gasteiger partial charge on any atom is -0.329 e. The topological polar surface area (TPSA) is 72.2 Å². The molecular weight excluding hydrogens is 284 g/mol. The van der Waals surface area contributed by atoms with Gasteiger partial charge in [0, 0.05) is 12.1 Å². The maximum atomic E-state index is 12.6. The molecule has 2 rings (SSSR count). The lowest BCUT2D eigenvalue weighted by molar-refractivity contribution is 0.344. The lowest BCUT2D eigenvalue weighted by atomic mass is 9.92. The first-order chi connectivity index (χ1) is 9.76. The van der Waals surface area contributed by atoms with Gasteiger partial charge in [-0.15, -0.1) is 0 Å². The molecule has 1 atom stereocenters. The largest absolute Gasteiger partial charge is 0.329 e. The summed E-state index contributed by atoms with van der Waals surface area (Å²) in [5, 5.41) is 0. The quantitative estimate of drug-likeness (QED) is 0.846.